The number of aliphatic hydroxyl groups is 1. The second kappa shape index (κ2) is 4.63. The van der Waals surface area contributed by atoms with Crippen LogP contribution in [0.15, 0.2) is 0 Å². The Hall–Kier alpha value is -0.0800. The summed E-state index contributed by atoms with van der Waals surface area (Å²) < 4.78 is 0. The van der Waals surface area contributed by atoms with E-state index >= 15 is 0 Å². The van der Waals surface area contributed by atoms with Gasteiger partial charge in [0.2, 0.25) is 0 Å². The van der Waals surface area contributed by atoms with E-state index in [9.17, 15) is 5.11 Å². The summed E-state index contributed by atoms with van der Waals surface area (Å²) in [5, 5.41) is 9.56. The highest BCUT2D eigenvalue weighted by molar-refractivity contribution is 4.87. The second-order valence-electron chi connectivity index (χ2n) is 4.89. The molecule has 0 aromatic carbocycles. The lowest BCUT2D eigenvalue weighted by Gasteiger charge is -2.33. The fourth-order valence-corrected chi connectivity index (χ4v) is 3.29. The molecule has 82 valence electrons. The van der Waals surface area contributed by atoms with Gasteiger partial charge in [-0.15, -0.1) is 0 Å². The van der Waals surface area contributed by atoms with Crippen LogP contribution in [-0.4, -0.2) is 34.7 Å². The molecule has 0 saturated heterocycles. The van der Waals surface area contributed by atoms with E-state index in [-0.39, 0.29) is 6.10 Å². The number of nitrogens with zero attached hydrogens (tertiary/aromatic N) is 1. The lowest BCUT2D eigenvalue weighted by molar-refractivity contribution is 0.122. The van der Waals surface area contributed by atoms with Gasteiger partial charge in [0.15, 0.2) is 0 Å². The first kappa shape index (κ1) is 10.4. The summed E-state index contributed by atoms with van der Waals surface area (Å²) in [6.07, 6.45) is 8.84. The zero-order chi connectivity index (χ0) is 9.97. The molecule has 0 radical (unpaired) electrons. The molecule has 0 aromatic rings. The molecule has 2 atom stereocenters. The van der Waals surface area contributed by atoms with Gasteiger partial charge >= 0.3 is 0 Å². The van der Waals surface area contributed by atoms with Crippen molar-refractivity contribution in [3.8, 4) is 0 Å². The summed E-state index contributed by atoms with van der Waals surface area (Å²) in [5.74, 6) is 0. The van der Waals surface area contributed by atoms with E-state index in [0.717, 1.165) is 18.9 Å². The summed E-state index contributed by atoms with van der Waals surface area (Å²) in [6, 6.07) is 1.51. The van der Waals surface area contributed by atoms with Crippen molar-refractivity contribution >= 4 is 0 Å². The van der Waals surface area contributed by atoms with Crippen molar-refractivity contribution in [2.75, 3.05) is 6.54 Å². The lowest BCUT2D eigenvalue weighted by Crippen LogP contribution is -2.40. The average molecular weight is 197 g/mol. The fraction of sp³-hybridized carbons (Fsp3) is 1.00. The summed E-state index contributed by atoms with van der Waals surface area (Å²) in [4.78, 5) is 2.66. The van der Waals surface area contributed by atoms with Crippen molar-refractivity contribution in [1.82, 2.24) is 4.90 Å². The molecule has 0 bridgehead atoms. The molecule has 2 heteroatoms. The summed E-state index contributed by atoms with van der Waals surface area (Å²) in [5.41, 5.74) is 0. The van der Waals surface area contributed by atoms with Gasteiger partial charge in [0.1, 0.15) is 0 Å². The Morgan fingerprint density at radius 3 is 2.29 bits per heavy atom. The Balaban J connectivity index is 1.91. The second-order valence-corrected chi connectivity index (χ2v) is 4.89. The molecule has 0 spiro atoms. The fourth-order valence-electron chi connectivity index (χ4n) is 3.29. The highest BCUT2D eigenvalue weighted by Crippen LogP contribution is 2.31. The van der Waals surface area contributed by atoms with Crippen molar-refractivity contribution in [1.29, 1.82) is 0 Å². The van der Waals surface area contributed by atoms with E-state index in [1.165, 1.54) is 38.6 Å². The smallest absolute Gasteiger partial charge is 0.0555 e. The van der Waals surface area contributed by atoms with Crippen LogP contribution in [-0.2, 0) is 0 Å². The van der Waals surface area contributed by atoms with Gasteiger partial charge < -0.3 is 5.11 Å². The predicted octanol–water partition coefficient (Wildman–Crippen LogP) is 2.16. The molecule has 2 fully saturated rings. The number of hydrogen-bond donors (Lipinski definition) is 1. The van der Waals surface area contributed by atoms with Gasteiger partial charge in [-0.05, 0) is 38.6 Å². The maximum atomic E-state index is 9.56. The SMILES string of the molecule is CCN(C1CCCC1)C1CCC(O)C1. The highest BCUT2D eigenvalue weighted by atomic mass is 16.3. The van der Waals surface area contributed by atoms with Crippen molar-refractivity contribution in [3.63, 3.8) is 0 Å². The monoisotopic (exact) mass is 197 g/mol. The molecule has 2 aliphatic rings. The van der Waals surface area contributed by atoms with Gasteiger partial charge in [-0.1, -0.05) is 19.8 Å². The van der Waals surface area contributed by atoms with Gasteiger partial charge in [-0.3, -0.25) is 4.90 Å². The lowest BCUT2D eigenvalue weighted by atomic mass is 10.1. The number of hydrogen-bond acceptors (Lipinski definition) is 2. The van der Waals surface area contributed by atoms with Gasteiger partial charge in [0.05, 0.1) is 6.10 Å². The molecule has 0 aromatic heterocycles. The van der Waals surface area contributed by atoms with Gasteiger partial charge in [0.25, 0.3) is 0 Å². The topological polar surface area (TPSA) is 23.5 Å². The maximum Gasteiger partial charge on any atom is 0.0555 e. The Bertz CT molecular complexity index is 177. The molecule has 2 rings (SSSR count). The third-order valence-corrected chi connectivity index (χ3v) is 4.01. The van der Waals surface area contributed by atoms with Crippen LogP contribution in [0.2, 0.25) is 0 Å². The maximum absolute atomic E-state index is 9.56. The summed E-state index contributed by atoms with van der Waals surface area (Å²) in [7, 11) is 0. The third-order valence-electron chi connectivity index (χ3n) is 4.01. The third kappa shape index (κ3) is 2.12. The summed E-state index contributed by atoms with van der Waals surface area (Å²) in [6.45, 7) is 3.44. The largest absolute Gasteiger partial charge is 0.393 e. The molecule has 2 unspecified atom stereocenters. The molecule has 0 aliphatic heterocycles. The molecule has 0 heterocycles. The quantitative estimate of drug-likeness (QED) is 0.749. The Labute approximate surface area is 87.3 Å². The molecule has 2 nitrogen and oxygen atoms in total. The van der Waals surface area contributed by atoms with Crippen LogP contribution in [0.4, 0.5) is 0 Å². The summed E-state index contributed by atoms with van der Waals surface area (Å²) >= 11 is 0. The van der Waals surface area contributed by atoms with Crippen LogP contribution < -0.4 is 0 Å². The van der Waals surface area contributed by atoms with Crippen molar-refractivity contribution in [3.05, 3.63) is 0 Å². The van der Waals surface area contributed by atoms with Gasteiger partial charge in [0, 0.05) is 12.1 Å². The van der Waals surface area contributed by atoms with E-state index in [2.05, 4.69) is 11.8 Å². The molecule has 0 amide bonds. The van der Waals surface area contributed by atoms with E-state index < -0.39 is 0 Å². The minimum atomic E-state index is -0.0181. The first-order chi connectivity index (χ1) is 6.81. The van der Waals surface area contributed by atoms with E-state index in [1.54, 1.807) is 0 Å². The van der Waals surface area contributed by atoms with Crippen LogP contribution in [0.25, 0.3) is 0 Å². The highest BCUT2D eigenvalue weighted by Gasteiger charge is 2.32. The van der Waals surface area contributed by atoms with Crippen molar-refractivity contribution in [2.24, 2.45) is 0 Å². The minimum Gasteiger partial charge on any atom is -0.393 e. The minimum absolute atomic E-state index is 0.0181. The normalized spacial score (nSPS) is 34.5. The zero-order valence-electron chi connectivity index (χ0n) is 9.28. The predicted molar refractivity (Wildman–Crippen MR) is 58.3 cm³/mol. The zero-order valence-corrected chi connectivity index (χ0v) is 9.28. The van der Waals surface area contributed by atoms with Crippen molar-refractivity contribution in [2.45, 2.75) is 70.1 Å². The Kier molecular flexibility index (Phi) is 3.45. The first-order valence-electron chi connectivity index (χ1n) is 6.25. The molecular weight excluding hydrogens is 174 g/mol. The van der Waals surface area contributed by atoms with Crippen LogP contribution in [0.5, 0.6) is 0 Å². The van der Waals surface area contributed by atoms with E-state index in [0.29, 0.717) is 6.04 Å². The Morgan fingerprint density at radius 1 is 1.07 bits per heavy atom. The van der Waals surface area contributed by atoms with Crippen LogP contribution in [0.1, 0.15) is 51.9 Å². The van der Waals surface area contributed by atoms with Crippen LogP contribution >= 0.6 is 0 Å². The van der Waals surface area contributed by atoms with Crippen LogP contribution in [0.3, 0.4) is 0 Å². The van der Waals surface area contributed by atoms with Crippen molar-refractivity contribution < 1.29 is 5.11 Å². The number of aliphatic hydroxyl groups excluding tert-OH is 1. The molecular formula is C12H23NO. The average Bonchev–Trinajstić information content (AvgIpc) is 2.79. The molecule has 14 heavy (non-hydrogen) atoms. The number of rotatable bonds is 3. The van der Waals surface area contributed by atoms with Crippen LogP contribution in [0, 0.1) is 0 Å². The van der Waals surface area contributed by atoms with Gasteiger partial charge in [-0.2, -0.15) is 0 Å². The Morgan fingerprint density at radius 2 is 1.79 bits per heavy atom. The standard InChI is InChI=1S/C12H23NO/c1-2-13(10-5-3-4-6-10)11-7-8-12(14)9-11/h10-12,14H,2-9H2,1H3. The van der Waals surface area contributed by atoms with E-state index in [4.69, 9.17) is 0 Å². The molecule has 2 saturated carbocycles. The van der Waals surface area contributed by atoms with Gasteiger partial charge in [-0.25, -0.2) is 0 Å². The molecule has 1 N–H and O–H groups in total. The van der Waals surface area contributed by atoms with E-state index in [1.807, 2.05) is 0 Å². The molecule has 2 aliphatic carbocycles. The first-order valence-corrected chi connectivity index (χ1v) is 6.25.